The number of aromatic nitrogens is 3. The molecule has 8 heteroatoms. The fourth-order valence-electron chi connectivity index (χ4n) is 2.58. The summed E-state index contributed by atoms with van der Waals surface area (Å²) in [5, 5.41) is 4.08. The molecule has 0 aliphatic carbocycles. The number of rotatable bonds is 2. The smallest absolute Gasteiger partial charge is 0.344 e. The maximum absolute atomic E-state index is 13.4. The number of anilines is 2. The number of alkyl halides is 3. The first kappa shape index (κ1) is 15.4. The maximum Gasteiger partial charge on any atom is 0.416 e. The molecule has 3 heterocycles. The highest BCUT2D eigenvalue weighted by Gasteiger charge is 2.30. The van der Waals surface area contributed by atoms with Crippen LogP contribution in [0.2, 0.25) is 0 Å². The lowest BCUT2D eigenvalue weighted by Gasteiger charge is -2.09. The molecule has 0 aliphatic heterocycles. The van der Waals surface area contributed by atoms with Crippen molar-refractivity contribution in [3.05, 3.63) is 60.2 Å². The van der Waals surface area contributed by atoms with E-state index >= 15 is 0 Å². The Hall–Kier alpha value is -3.16. The number of benzene rings is 1. The van der Waals surface area contributed by atoms with Gasteiger partial charge in [-0.2, -0.15) is 13.2 Å². The number of aromatic amines is 1. The van der Waals surface area contributed by atoms with Crippen molar-refractivity contribution in [1.29, 1.82) is 0 Å². The van der Waals surface area contributed by atoms with E-state index < -0.39 is 17.6 Å². The van der Waals surface area contributed by atoms with Gasteiger partial charge in [0.2, 0.25) is 0 Å². The van der Waals surface area contributed by atoms with E-state index in [1.807, 2.05) is 0 Å². The summed E-state index contributed by atoms with van der Waals surface area (Å²) in [5.41, 5.74) is 0.469. The number of hydrogen-bond acceptors (Lipinski definition) is 3. The van der Waals surface area contributed by atoms with Crippen molar-refractivity contribution in [3.63, 3.8) is 0 Å². The number of halogens is 4. The van der Waals surface area contributed by atoms with Gasteiger partial charge in [-0.1, -0.05) is 6.07 Å². The van der Waals surface area contributed by atoms with E-state index in [4.69, 9.17) is 0 Å². The fourth-order valence-corrected chi connectivity index (χ4v) is 2.58. The first-order chi connectivity index (χ1) is 11.9. The number of fused-ring (bicyclic) bond motifs is 2. The van der Waals surface area contributed by atoms with Gasteiger partial charge in [0.15, 0.2) is 0 Å². The molecule has 0 amide bonds. The highest BCUT2D eigenvalue weighted by atomic mass is 19.4. The molecular weight excluding hydrogens is 336 g/mol. The van der Waals surface area contributed by atoms with Crippen LogP contribution in [0.1, 0.15) is 5.56 Å². The topological polar surface area (TPSA) is 53.6 Å². The van der Waals surface area contributed by atoms with Crippen LogP contribution in [0.25, 0.3) is 21.9 Å². The zero-order chi connectivity index (χ0) is 17.6. The van der Waals surface area contributed by atoms with Crippen molar-refractivity contribution < 1.29 is 17.6 Å². The maximum atomic E-state index is 13.4. The quantitative estimate of drug-likeness (QED) is 0.502. The van der Waals surface area contributed by atoms with Crippen molar-refractivity contribution in [1.82, 2.24) is 15.0 Å². The minimum atomic E-state index is -4.43. The number of H-pyrrole nitrogens is 1. The van der Waals surface area contributed by atoms with E-state index in [-0.39, 0.29) is 5.52 Å². The standard InChI is InChI=1S/C17H10F4N4/c18-11-6-12-14(8-23-16(12)22-7-11)25-15-4-2-9-1-3-10(17(19,20)21)5-13(9)24-15/h1-8H,(H,22,23)(H,24,25). The summed E-state index contributed by atoms with van der Waals surface area (Å²) < 4.78 is 51.9. The van der Waals surface area contributed by atoms with Crippen LogP contribution < -0.4 is 5.32 Å². The van der Waals surface area contributed by atoms with Gasteiger partial charge in [-0.3, -0.25) is 0 Å². The molecule has 0 fully saturated rings. The van der Waals surface area contributed by atoms with Crippen LogP contribution in [0.3, 0.4) is 0 Å². The predicted octanol–water partition coefficient (Wildman–Crippen LogP) is 5.01. The molecule has 0 saturated heterocycles. The number of nitrogens with zero attached hydrogens (tertiary/aromatic N) is 2. The normalized spacial score (nSPS) is 12.0. The van der Waals surface area contributed by atoms with Crippen molar-refractivity contribution in [2.75, 3.05) is 5.32 Å². The summed E-state index contributed by atoms with van der Waals surface area (Å²) in [6, 6.07) is 8.01. The van der Waals surface area contributed by atoms with E-state index in [9.17, 15) is 17.6 Å². The Kier molecular flexibility index (Phi) is 3.34. The molecule has 3 aromatic heterocycles. The van der Waals surface area contributed by atoms with Gasteiger partial charge in [0, 0.05) is 17.0 Å². The SMILES string of the molecule is Fc1cnc2[nH]cc(Nc3ccc4ccc(C(F)(F)F)cc4n3)c2c1. The van der Waals surface area contributed by atoms with Crippen LogP contribution in [-0.4, -0.2) is 15.0 Å². The Morgan fingerprint density at radius 1 is 1.04 bits per heavy atom. The van der Waals surface area contributed by atoms with Crippen molar-refractivity contribution in [2.24, 2.45) is 0 Å². The highest BCUT2D eigenvalue weighted by molar-refractivity contribution is 5.92. The molecule has 0 unspecified atom stereocenters. The Morgan fingerprint density at radius 2 is 1.84 bits per heavy atom. The third-order valence-corrected chi connectivity index (χ3v) is 3.78. The second kappa shape index (κ2) is 5.44. The minimum absolute atomic E-state index is 0.212. The second-order valence-corrected chi connectivity index (χ2v) is 5.48. The van der Waals surface area contributed by atoms with E-state index in [0.717, 1.165) is 18.3 Å². The predicted molar refractivity (Wildman–Crippen MR) is 86.1 cm³/mol. The number of hydrogen-bond donors (Lipinski definition) is 2. The van der Waals surface area contributed by atoms with Gasteiger partial charge in [-0.15, -0.1) is 0 Å². The van der Waals surface area contributed by atoms with E-state index in [1.54, 1.807) is 18.3 Å². The molecule has 25 heavy (non-hydrogen) atoms. The van der Waals surface area contributed by atoms with E-state index in [1.165, 1.54) is 12.1 Å². The molecule has 0 saturated carbocycles. The monoisotopic (exact) mass is 346 g/mol. The average Bonchev–Trinajstić information content (AvgIpc) is 2.95. The van der Waals surface area contributed by atoms with Gasteiger partial charge in [0.25, 0.3) is 0 Å². The Bertz CT molecular complexity index is 1090. The van der Waals surface area contributed by atoms with Crippen LogP contribution in [-0.2, 0) is 6.18 Å². The summed E-state index contributed by atoms with van der Waals surface area (Å²) in [7, 11) is 0. The largest absolute Gasteiger partial charge is 0.416 e. The lowest BCUT2D eigenvalue weighted by atomic mass is 10.1. The molecule has 1 aromatic carbocycles. The molecular formula is C17H10F4N4. The molecule has 4 aromatic rings. The summed E-state index contributed by atoms with van der Waals surface area (Å²) in [5.74, 6) is -0.145. The third kappa shape index (κ3) is 2.86. The molecule has 0 bridgehead atoms. The summed E-state index contributed by atoms with van der Waals surface area (Å²) in [6.07, 6.45) is -1.75. The Balaban J connectivity index is 1.74. The zero-order valence-corrected chi connectivity index (χ0v) is 12.5. The van der Waals surface area contributed by atoms with Crippen LogP contribution in [0.4, 0.5) is 29.1 Å². The molecule has 4 rings (SSSR count). The minimum Gasteiger partial charge on any atom is -0.344 e. The van der Waals surface area contributed by atoms with Crippen LogP contribution in [0.15, 0.2) is 48.8 Å². The highest BCUT2D eigenvalue weighted by Crippen LogP contribution is 2.32. The first-order valence-corrected chi connectivity index (χ1v) is 7.28. The van der Waals surface area contributed by atoms with Gasteiger partial charge < -0.3 is 10.3 Å². The molecule has 0 aliphatic rings. The van der Waals surface area contributed by atoms with Crippen LogP contribution in [0, 0.1) is 5.82 Å². The van der Waals surface area contributed by atoms with E-state index in [2.05, 4.69) is 20.3 Å². The molecule has 4 nitrogen and oxygen atoms in total. The molecule has 126 valence electrons. The van der Waals surface area contributed by atoms with Gasteiger partial charge >= 0.3 is 6.18 Å². The fraction of sp³-hybridized carbons (Fsp3) is 0.0588. The van der Waals surface area contributed by atoms with Crippen molar-refractivity contribution >= 4 is 33.4 Å². The zero-order valence-electron chi connectivity index (χ0n) is 12.5. The number of nitrogens with one attached hydrogen (secondary N) is 2. The van der Waals surface area contributed by atoms with Gasteiger partial charge in [-0.25, -0.2) is 14.4 Å². The van der Waals surface area contributed by atoms with Crippen LogP contribution in [0.5, 0.6) is 0 Å². The van der Waals surface area contributed by atoms with Gasteiger partial charge in [0.05, 0.1) is 23.0 Å². The average molecular weight is 346 g/mol. The van der Waals surface area contributed by atoms with Gasteiger partial charge in [0.1, 0.15) is 17.3 Å². The van der Waals surface area contributed by atoms with Crippen LogP contribution >= 0.6 is 0 Å². The Labute approximate surface area is 138 Å². The van der Waals surface area contributed by atoms with E-state index in [0.29, 0.717) is 27.9 Å². The van der Waals surface area contributed by atoms with Gasteiger partial charge in [-0.05, 0) is 30.3 Å². The summed E-state index contributed by atoms with van der Waals surface area (Å²) in [4.78, 5) is 11.0. The first-order valence-electron chi connectivity index (χ1n) is 7.28. The molecule has 0 atom stereocenters. The van der Waals surface area contributed by atoms with Crippen molar-refractivity contribution in [2.45, 2.75) is 6.18 Å². The molecule has 0 spiro atoms. The summed E-state index contributed by atoms with van der Waals surface area (Å²) >= 11 is 0. The lowest BCUT2D eigenvalue weighted by Crippen LogP contribution is -2.04. The lowest BCUT2D eigenvalue weighted by molar-refractivity contribution is -0.137. The molecule has 0 radical (unpaired) electrons. The summed E-state index contributed by atoms with van der Waals surface area (Å²) in [6.45, 7) is 0. The number of pyridine rings is 2. The Morgan fingerprint density at radius 3 is 2.64 bits per heavy atom. The second-order valence-electron chi connectivity index (χ2n) is 5.48. The third-order valence-electron chi connectivity index (χ3n) is 3.78. The molecule has 2 N–H and O–H groups in total. The van der Waals surface area contributed by atoms with Crippen molar-refractivity contribution in [3.8, 4) is 0 Å².